The number of hydrogen-bond acceptors (Lipinski definition) is 7. The SMILES string of the molecule is CCN(CC)c1ccc(C(=O)c2ccccc2C(=O)OCCNC(=O)C(C#N)=C(c2ccccc2)c2ccccc2)c(O)c1. The molecular weight excluding hydrogens is 554 g/mol. The predicted octanol–water partition coefficient (Wildman–Crippen LogP) is 5.77. The number of ketones is 1. The lowest BCUT2D eigenvalue weighted by Crippen LogP contribution is -2.29. The Morgan fingerprint density at radius 3 is 1.91 bits per heavy atom. The summed E-state index contributed by atoms with van der Waals surface area (Å²) in [6, 6.07) is 31.4. The second kappa shape index (κ2) is 15.0. The Balaban J connectivity index is 1.46. The second-order valence-corrected chi connectivity index (χ2v) is 9.73. The van der Waals surface area contributed by atoms with Crippen molar-refractivity contribution in [1.29, 1.82) is 5.26 Å². The summed E-state index contributed by atoms with van der Waals surface area (Å²) >= 11 is 0. The molecule has 4 aromatic rings. The van der Waals surface area contributed by atoms with Crippen LogP contribution in [0.3, 0.4) is 0 Å². The molecule has 44 heavy (non-hydrogen) atoms. The van der Waals surface area contributed by atoms with E-state index in [2.05, 4.69) is 5.32 Å². The molecule has 0 bridgehead atoms. The Kier molecular flexibility index (Phi) is 10.6. The summed E-state index contributed by atoms with van der Waals surface area (Å²) in [4.78, 5) is 41.5. The van der Waals surface area contributed by atoms with Crippen molar-refractivity contribution >= 4 is 28.9 Å². The number of ether oxygens (including phenoxy) is 1. The number of amides is 1. The molecule has 2 N–H and O–H groups in total. The maximum absolute atomic E-state index is 13.4. The van der Waals surface area contributed by atoms with Gasteiger partial charge in [0.2, 0.25) is 0 Å². The first-order chi connectivity index (χ1) is 21.4. The summed E-state index contributed by atoms with van der Waals surface area (Å²) in [7, 11) is 0. The van der Waals surface area contributed by atoms with E-state index in [0.717, 1.165) is 18.8 Å². The van der Waals surface area contributed by atoms with Gasteiger partial charge < -0.3 is 20.1 Å². The van der Waals surface area contributed by atoms with Crippen LogP contribution in [0.5, 0.6) is 5.75 Å². The van der Waals surface area contributed by atoms with E-state index in [1.165, 1.54) is 18.2 Å². The molecule has 0 heterocycles. The summed E-state index contributed by atoms with van der Waals surface area (Å²) < 4.78 is 5.38. The maximum Gasteiger partial charge on any atom is 0.338 e. The van der Waals surface area contributed by atoms with E-state index in [9.17, 15) is 24.8 Å². The minimum absolute atomic E-state index is 0.0316. The fourth-order valence-corrected chi connectivity index (χ4v) is 4.86. The van der Waals surface area contributed by atoms with Crippen LogP contribution in [0.2, 0.25) is 0 Å². The van der Waals surface area contributed by atoms with Gasteiger partial charge in [-0.1, -0.05) is 78.9 Å². The number of anilines is 1. The third-order valence-electron chi connectivity index (χ3n) is 7.08. The lowest BCUT2D eigenvalue weighted by Gasteiger charge is -2.21. The normalized spacial score (nSPS) is 10.3. The molecule has 1 amide bonds. The zero-order valence-electron chi connectivity index (χ0n) is 24.6. The average molecular weight is 588 g/mol. The number of hydrogen-bond donors (Lipinski definition) is 2. The van der Waals surface area contributed by atoms with E-state index in [0.29, 0.717) is 16.7 Å². The van der Waals surface area contributed by atoms with Crippen molar-refractivity contribution in [2.24, 2.45) is 0 Å². The number of carbonyl (C=O) groups excluding carboxylic acids is 3. The largest absolute Gasteiger partial charge is 0.507 e. The summed E-state index contributed by atoms with van der Waals surface area (Å²) in [5, 5.41) is 23.2. The van der Waals surface area contributed by atoms with Crippen molar-refractivity contribution in [3.05, 3.63) is 137 Å². The molecule has 0 aliphatic heterocycles. The molecule has 8 nitrogen and oxygen atoms in total. The Bertz CT molecular complexity index is 1660. The molecule has 0 aliphatic rings. The molecule has 8 heteroatoms. The number of esters is 1. The fourth-order valence-electron chi connectivity index (χ4n) is 4.86. The number of phenols is 1. The summed E-state index contributed by atoms with van der Waals surface area (Å²) in [6.45, 7) is 5.23. The fraction of sp³-hybridized carbons (Fsp3) is 0.167. The quantitative estimate of drug-likeness (QED) is 0.0710. The first-order valence-corrected chi connectivity index (χ1v) is 14.3. The highest BCUT2D eigenvalue weighted by molar-refractivity contribution is 6.15. The Labute approximate surface area is 256 Å². The van der Waals surface area contributed by atoms with E-state index in [1.807, 2.05) is 85.5 Å². The third kappa shape index (κ3) is 7.20. The molecule has 0 saturated heterocycles. The topological polar surface area (TPSA) is 120 Å². The van der Waals surface area contributed by atoms with Crippen LogP contribution in [-0.4, -0.2) is 49.0 Å². The van der Waals surface area contributed by atoms with Gasteiger partial charge in [0.25, 0.3) is 5.91 Å². The monoisotopic (exact) mass is 587 g/mol. The van der Waals surface area contributed by atoms with Gasteiger partial charge in [-0.15, -0.1) is 0 Å². The predicted molar refractivity (Wildman–Crippen MR) is 169 cm³/mol. The molecule has 0 aliphatic carbocycles. The lowest BCUT2D eigenvalue weighted by molar-refractivity contribution is -0.117. The van der Waals surface area contributed by atoms with Crippen LogP contribution in [0.25, 0.3) is 5.57 Å². The Morgan fingerprint density at radius 2 is 1.36 bits per heavy atom. The molecule has 222 valence electrons. The van der Waals surface area contributed by atoms with Crippen molar-refractivity contribution < 1.29 is 24.2 Å². The van der Waals surface area contributed by atoms with E-state index >= 15 is 0 Å². The zero-order chi connectivity index (χ0) is 31.5. The summed E-state index contributed by atoms with van der Waals surface area (Å²) in [5.74, 6) is -2.07. The smallest absolute Gasteiger partial charge is 0.338 e. The van der Waals surface area contributed by atoms with E-state index in [-0.39, 0.29) is 41.2 Å². The molecule has 0 radical (unpaired) electrons. The van der Waals surface area contributed by atoms with Crippen LogP contribution in [0.4, 0.5) is 5.69 Å². The number of nitrogens with one attached hydrogen (secondary N) is 1. The number of nitrogens with zero attached hydrogens (tertiary/aromatic N) is 2. The lowest BCUT2D eigenvalue weighted by atomic mass is 9.93. The number of carbonyl (C=O) groups is 3. The standard InChI is InChI=1S/C36H33N3O5/c1-3-39(4-2)27-19-20-30(32(40)23-27)34(41)28-17-11-12-18-29(28)36(43)44-22-21-38-35(42)31(24-37)33(25-13-7-5-8-14-25)26-15-9-6-10-16-26/h5-20,23,40H,3-4,21-22H2,1-2H3,(H,38,42). The molecule has 0 saturated carbocycles. The second-order valence-electron chi connectivity index (χ2n) is 9.73. The van der Waals surface area contributed by atoms with Crippen molar-refractivity contribution in [2.75, 3.05) is 31.1 Å². The van der Waals surface area contributed by atoms with Crippen molar-refractivity contribution in [2.45, 2.75) is 13.8 Å². The number of benzene rings is 4. The molecular formula is C36H33N3O5. The zero-order valence-corrected chi connectivity index (χ0v) is 24.6. The highest BCUT2D eigenvalue weighted by Crippen LogP contribution is 2.29. The molecule has 0 aromatic heterocycles. The van der Waals surface area contributed by atoms with Gasteiger partial charge in [-0.05, 0) is 43.2 Å². The number of aromatic hydroxyl groups is 1. The molecule has 0 atom stereocenters. The average Bonchev–Trinajstić information content (AvgIpc) is 3.06. The van der Waals surface area contributed by atoms with E-state index in [1.54, 1.807) is 24.3 Å². The molecule has 4 aromatic carbocycles. The van der Waals surface area contributed by atoms with Crippen molar-refractivity contribution in [3.63, 3.8) is 0 Å². The van der Waals surface area contributed by atoms with Gasteiger partial charge in [0.05, 0.1) is 17.7 Å². The van der Waals surface area contributed by atoms with Gasteiger partial charge in [-0.2, -0.15) is 5.26 Å². The van der Waals surface area contributed by atoms with Gasteiger partial charge in [0.1, 0.15) is 24.0 Å². The molecule has 0 spiro atoms. The van der Waals surface area contributed by atoms with Crippen LogP contribution in [-0.2, 0) is 9.53 Å². The van der Waals surface area contributed by atoms with Gasteiger partial charge in [0, 0.05) is 36.0 Å². The van der Waals surface area contributed by atoms with Gasteiger partial charge in [0.15, 0.2) is 5.78 Å². The number of phenolic OH excluding ortho intramolecular Hbond substituents is 1. The highest BCUT2D eigenvalue weighted by Gasteiger charge is 2.23. The maximum atomic E-state index is 13.4. The van der Waals surface area contributed by atoms with Gasteiger partial charge in [-0.25, -0.2) is 4.79 Å². The van der Waals surface area contributed by atoms with E-state index in [4.69, 9.17) is 4.74 Å². The van der Waals surface area contributed by atoms with Crippen LogP contribution in [0.1, 0.15) is 51.3 Å². The van der Waals surface area contributed by atoms with Gasteiger partial charge in [-0.3, -0.25) is 9.59 Å². The molecule has 0 fully saturated rings. The van der Waals surface area contributed by atoms with Crippen LogP contribution < -0.4 is 10.2 Å². The number of nitriles is 1. The first kappa shape index (κ1) is 31.3. The summed E-state index contributed by atoms with van der Waals surface area (Å²) in [6.07, 6.45) is 0. The van der Waals surface area contributed by atoms with Crippen molar-refractivity contribution in [3.8, 4) is 11.8 Å². The molecule has 4 rings (SSSR count). The van der Waals surface area contributed by atoms with Crippen LogP contribution in [0, 0.1) is 11.3 Å². The Hall–Kier alpha value is -5.68. The highest BCUT2D eigenvalue weighted by atomic mass is 16.5. The van der Waals surface area contributed by atoms with Gasteiger partial charge >= 0.3 is 5.97 Å². The minimum Gasteiger partial charge on any atom is -0.507 e. The number of rotatable bonds is 12. The molecule has 0 unspecified atom stereocenters. The summed E-state index contributed by atoms with van der Waals surface area (Å²) in [5.41, 5.74) is 2.81. The Morgan fingerprint density at radius 1 is 0.795 bits per heavy atom. The van der Waals surface area contributed by atoms with Crippen LogP contribution >= 0.6 is 0 Å². The minimum atomic E-state index is -0.757. The van der Waals surface area contributed by atoms with Crippen molar-refractivity contribution in [1.82, 2.24) is 5.32 Å². The van der Waals surface area contributed by atoms with Crippen LogP contribution in [0.15, 0.2) is 109 Å². The first-order valence-electron chi connectivity index (χ1n) is 14.3. The van der Waals surface area contributed by atoms with E-state index < -0.39 is 17.7 Å². The third-order valence-corrected chi connectivity index (χ3v) is 7.08.